The van der Waals surface area contributed by atoms with E-state index >= 15 is 0 Å². The fourth-order valence-corrected chi connectivity index (χ4v) is 2.51. The van der Waals surface area contributed by atoms with E-state index in [2.05, 4.69) is 0 Å². The maximum absolute atomic E-state index is 11.5. The molecule has 0 amide bonds. The van der Waals surface area contributed by atoms with Crippen LogP contribution in [0.1, 0.15) is 83.5 Å². The normalized spacial score (nSPS) is 22.3. The monoisotopic (exact) mass is 298 g/mol. The van der Waals surface area contributed by atoms with Crippen LogP contribution in [0.15, 0.2) is 0 Å². The van der Waals surface area contributed by atoms with Gasteiger partial charge < -0.3 is 9.47 Å². The summed E-state index contributed by atoms with van der Waals surface area (Å²) in [5.74, 6) is -0.388. The largest absolute Gasteiger partial charge is 0.466 e. The second-order valence-electron chi connectivity index (χ2n) is 5.83. The quantitative estimate of drug-likeness (QED) is 0.630. The summed E-state index contributed by atoms with van der Waals surface area (Å²) in [6.45, 7) is 1.03. The fourth-order valence-electron chi connectivity index (χ4n) is 2.51. The highest BCUT2D eigenvalue weighted by atomic mass is 16.5. The highest BCUT2D eigenvalue weighted by Crippen LogP contribution is 2.11. The molecule has 0 unspecified atom stereocenters. The smallest absolute Gasteiger partial charge is 0.305 e. The molecule has 0 aromatic rings. The summed E-state index contributed by atoms with van der Waals surface area (Å²) in [5.41, 5.74) is 0. The Morgan fingerprint density at radius 1 is 0.476 bits per heavy atom. The Bertz CT molecular complexity index is 261. The average Bonchev–Trinajstić information content (AvgIpc) is 2.47. The van der Waals surface area contributed by atoms with Crippen LogP contribution in [0.3, 0.4) is 0 Å². The van der Waals surface area contributed by atoms with E-state index in [1.807, 2.05) is 0 Å². The molecule has 0 aromatic heterocycles. The van der Waals surface area contributed by atoms with Crippen molar-refractivity contribution in [2.75, 3.05) is 13.2 Å². The van der Waals surface area contributed by atoms with Crippen LogP contribution in [-0.4, -0.2) is 25.2 Å². The number of rotatable bonds is 0. The van der Waals surface area contributed by atoms with Gasteiger partial charge in [0, 0.05) is 12.8 Å². The van der Waals surface area contributed by atoms with Crippen LogP contribution in [0, 0.1) is 0 Å². The summed E-state index contributed by atoms with van der Waals surface area (Å²) in [7, 11) is 0. The molecule has 122 valence electrons. The number of carbonyl (C=O) groups excluding carboxylic acids is 2. The van der Waals surface area contributed by atoms with Gasteiger partial charge in [-0.2, -0.15) is 0 Å². The number of esters is 2. The van der Waals surface area contributed by atoms with Gasteiger partial charge in [0.2, 0.25) is 0 Å². The lowest BCUT2D eigenvalue weighted by molar-refractivity contribution is -0.145. The summed E-state index contributed by atoms with van der Waals surface area (Å²) < 4.78 is 10.3. The first-order valence-electron chi connectivity index (χ1n) is 8.60. The van der Waals surface area contributed by atoms with Gasteiger partial charge in [0.15, 0.2) is 0 Å². The van der Waals surface area contributed by atoms with Crippen molar-refractivity contribution >= 4 is 11.9 Å². The van der Waals surface area contributed by atoms with Crippen molar-refractivity contribution in [1.82, 2.24) is 0 Å². The van der Waals surface area contributed by atoms with E-state index in [0.717, 1.165) is 25.7 Å². The Balaban J connectivity index is 2.20. The first-order chi connectivity index (χ1) is 10.3. The van der Waals surface area contributed by atoms with Gasteiger partial charge in [0.25, 0.3) is 0 Å². The summed E-state index contributed by atoms with van der Waals surface area (Å²) in [6, 6.07) is 0. The zero-order valence-electron chi connectivity index (χ0n) is 13.2. The number of ether oxygens (including phenoxy) is 2. The van der Waals surface area contributed by atoms with Crippen molar-refractivity contribution < 1.29 is 19.1 Å². The van der Waals surface area contributed by atoms with E-state index in [4.69, 9.17) is 9.47 Å². The van der Waals surface area contributed by atoms with E-state index in [-0.39, 0.29) is 11.9 Å². The predicted molar refractivity (Wildman–Crippen MR) is 81.9 cm³/mol. The molecule has 0 bridgehead atoms. The third-order valence-electron chi connectivity index (χ3n) is 3.83. The molecule has 1 saturated heterocycles. The second kappa shape index (κ2) is 12.7. The summed E-state index contributed by atoms with van der Waals surface area (Å²) in [5, 5.41) is 0. The van der Waals surface area contributed by atoms with Gasteiger partial charge >= 0.3 is 11.9 Å². The average molecular weight is 298 g/mol. The van der Waals surface area contributed by atoms with Gasteiger partial charge in [-0.15, -0.1) is 0 Å². The van der Waals surface area contributed by atoms with Crippen LogP contribution in [0.5, 0.6) is 0 Å². The van der Waals surface area contributed by atoms with Gasteiger partial charge in [-0.3, -0.25) is 9.59 Å². The van der Waals surface area contributed by atoms with E-state index in [1.54, 1.807) is 0 Å². The Hall–Kier alpha value is -1.06. The minimum Gasteiger partial charge on any atom is -0.466 e. The molecule has 0 aromatic carbocycles. The molecule has 0 saturated carbocycles. The molecule has 0 aliphatic carbocycles. The highest BCUT2D eigenvalue weighted by molar-refractivity contribution is 5.72. The maximum atomic E-state index is 11.5. The van der Waals surface area contributed by atoms with Crippen molar-refractivity contribution in [2.24, 2.45) is 0 Å². The molecule has 1 aliphatic rings. The minimum absolute atomic E-state index is 0.194. The van der Waals surface area contributed by atoms with Crippen LogP contribution in [0.25, 0.3) is 0 Å². The fraction of sp³-hybridized carbons (Fsp3) is 0.882. The van der Waals surface area contributed by atoms with Crippen molar-refractivity contribution in [3.8, 4) is 0 Å². The number of cyclic esters (lactones) is 2. The molecule has 1 heterocycles. The van der Waals surface area contributed by atoms with E-state index < -0.39 is 0 Å². The topological polar surface area (TPSA) is 52.6 Å². The van der Waals surface area contributed by atoms with Gasteiger partial charge in [-0.1, -0.05) is 51.4 Å². The van der Waals surface area contributed by atoms with Crippen molar-refractivity contribution in [2.45, 2.75) is 83.5 Å². The van der Waals surface area contributed by atoms with Crippen LogP contribution in [0.2, 0.25) is 0 Å². The zero-order valence-corrected chi connectivity index (χ0v) is 13.2. The third kappa shape index (κ3) is 11.3. The first kappa shape index (κ1) is 18.0. The first-order valence-corrected chi connectivity index (χ1v) is 8.60. The lowest BCUT2D eigenvalue weighted by atomic mass is 10.1. The summed E-state index contributed by atoms with van der Waals surface area (Å²) in [6.07, 6.45) is 13.0. The summed E-state index contributed by atoms with van der Waals surface area (Å²) in [4.78, 5) is 22.9. The minimum atomic E-state index is -0.194. The number of hydrogen-bond acceptors (Lipinski definition) is 4. The van der Waals surface area contributed by atoms with E-state index in [0.29, 0.717) is 32.5 Å². The standard InChI is InChI=1S/C17H30O4/c18-16-12-11-13-17(19)21-15-10-8-6-4-2-1-3-5-7-9-14-20-16/h1-15H2. The van der Waals surface area contributed by atoms with Crippen LogP contribution >= 0.6 is 0 Å². The Morgan fingerprint density at radius 3 is 1.19 bits per heavy atom. The zero-order chi connectivity index (χ0) is 15.2. The Kier molecular flexibility index (Phi) is 10.8. The molecular weight excluding hydrogens is 268 g/mol. The van der Waals surface area contributed by atoms with Crippen molar-refractivity contribution in [3.05, 3.63) is 0 Å². The molecular formula is C17H30O4. The molecule has 0 radical (unpaired) electrons. The Labute approximate surface area is 128 Å². The van der Waals surface area contributed by atoms with Crippen LogP contribution < -0.4 is 0 Å². The summed E-state index contributed by atoms with van der Waals surface area (Å²) >= 11 is 0. The molecule has 1 aliphatic heterocycles. The van der Waals surface area contributed by atoms with Gasteiger partial charge in [-0.05, 0) is 19.3 Å². The third-order valence-corrected chi connectivity index (χ3v) is 3.83. The molecule has 0 atom stereocenters. The maximum Gasteiger partial charge on any atom is 0.305 e. The molecule has 1 rings (SSSR count). The second-order valence-corrected chi connectivity index (χ2v) is 5.83. The van der Waals surface area contributed by atoms with Crippen molar-refractivity contribution in [1.29, 1.82) is 0 Å². The van der Waals surface area contributed by atoms with Crippen molar-refractivity contribution in [3.63, 3.8) is 0 Å². The van der Waals surface area contributed by atoms with Gasteiger partial charge in [0.05, 0.1) is 13.2 Å². The molecule has 4 nitrogen and oxygen atoms in total. The SMILES string of the molecule is O=C1CCCC(=O)OCCCCCCCCCCCCO1. The molecule has 0 N–H and O–H groups in total. The van der Waals surface area contributed by atoms with Crippen LogP contribution in [0.4, 0.5) is 0 Å². The molecule has 1 fully saturated rings. The van der Waals surface area contributed by atoms with Crippen LogP contribution in [-0.2, 0) is 19.1 Å². The number of hydrogen-bond donors (Lipinski definition) is 0. The van der Waals surface area contributed by atoms with E-state index in [9.17, 15) is 9.59 Å². The lowest BCUT2D eigenvalue weighted by Gasteiger charge is -2.05. The predicted octanol–water partition coefficient (Wildman–Crippen LogP) is 4.16. The van der Waals surface area contributed by atoms with Gasteiger partial charge in [0.1, 0.15) is 0 Å². The highest BCUT2D eigenvalue weighted by Gasteiger charge is 2.07. The molecule has 21 heavy (non-hydrogen) atoms. The Morgan fingerprint density at radius 2 is 0.810 bits per heavy atom. The molecule has 0 spiro atoms. The molecule has 4 heteroatoms. The van der Waals surface area contributed by atoms with E-state index in [1.165, 1.54) is 38.5 Å². The number of carbonyl (C=O) groups is 2. The van der Waals surface area contributed by atoms with Gasteiger partial charge in [-0.25, -0.2) is 0 Å². The lowest BCUT2D eigenvalue weighted by Crippen LogP contribution is -2.09.